The molecule has 0 bridgehead atoms. The van der Waals surface area contributed by atoms with Crippen molar-refractivity contribution in [2.24, 2.45) is 29.6 Å². The van der Waals surface area contributed by atoms with E-state index < -0.39 is 0 Å². The third kappa shape index (κ3) is 7.56. The van der Waals surface area contributed by atoms with Crippen LogP contribution in [0.5, 0.6) is 0 Å². The van der Waals surface area contributed by atoms with Crippen molar-refractivity contribution in [1.82, 2.24) is 0 Å². The molecule has 0 aromatic carbocycles. The summed E-state index contributed by atoms with van der Waals surface area (Å²) in [6, 6.07) is 0. The van der Waals surface area contributed by atoms with Crippen LogP contribution in [0.4, 0.5) is 0 Å². The van der Waals surface area contributed by atoms with Gasteiger partial charge in [0.1, 0.15) is 6.10 Å². The Kier molecular flexibility index (Phi) is 10.5. The second kappa shape index (κ2) is 13.1. The summed E-state index contributed by atoms with van der Waals surface area (Å²) >= 11 is 0. The van der Waals surface area contributed by atoms with Crippen molar-refractivity contribution in [3.63, 3.8) is 0 Å². The highest BCUT2D eigenvalue weighted by Gasteiger charge is 2.34. The molecular formula is C28H50O2. The van der Waals surface area contributed by atoms with Crippen LogP contribution < -0.4 is 0 Å². The fourth-order valence-corrected chi connectivity index (χ4v) is 6.75. The molecule has 3 fully saturated rings. The molecule has 30 heavy (non-hydrogen) atoms. The summed E-state index contributed by atoms with van der Waals surface area (Å²) in [5.41, 5.74) is 0. The second-order valence-corrected chi connectivity index (χ2v) is 11.1. The number of unbranched alkanes of at least 4 members (excludes halogenated alkanes) is 3. The van der Waals surface area contributed by atoms with E-state index in [9.17, 15) is 4.79 Å². The van der Waals surface area contributed by atoms with Gasteiger partial charge in [-0.2, -0.15) is 0 Å². The van der Waals surface area contributed by atoms with Crippen molar-refractivity contribution < 1.29 is 9.53 Å². The van der Waals surface area contributed by atoms with Crippen molar-refractivity contribution >= 4 is 5.97 Å². The van der Waals surface area contributed by atoms with Crippen molar-refractivity contribution in [1.29, 1.82) is 0 Å². The Hall–Kier alpha value is -0.530. The average molecular weight is 419 g/mol. The maximum Gasteiger partial charge on any atom is 0.309 e. The van der Waals surface area contributed by atoms with Crippen LogP contribution in [-0.4, -0.2) is 12.1 Å². The van der Waals surface area contributed by atoms with Crippen molar-refractivity contribution in [2.45, 2.75) is 142 Å². The lowest BCUT2D eigenvalue weighted by atomic mass is 9.68. The molecule has 3 rings (SSSR count). The summed E-state index contributed by atoms with van der Waals surface area (Å²) in [6.45, 7) is 4.59. The van der Waals surface area contributed by atoms with Crippen LogP contribution in [0.1, 0.15) is 136 Å². The van der Waals surface area contributed by atoms with Crippen LogP contribution in [-0.2, 0) is 9.53 Å². The van der Waals surface area contributed by atoms with E-state index in [1.165, 1.54) is 96.3 Å². The number of hydrogen-bond donors (Lipinski definition) is 0. The van der Waals surface area contributed by atoms with E-state index in [0.29, 0.717) is 0 Å². The third-order valence-corrected chi connectivity index (χ3v) is 8.92. The number of carbonyl (C=O) groups excluding carboxylic acids is 1. The molecule has 0 unspecified atom stereocenters. The topological polar surface area (TPSA) is 26.3 Å². The molecule has 2 heteroatoms. The molecule has 0 spiro atoms. The van der Waals surface area contributed by atoms with Gasteiger partial charge in [-0.3, -0.25) is 4.79 Å². The molecule has 0 heterocycles. The minimum Gasteiger partial charge on any atom is -0.462 e. The van der Waals surface area contributed by atoms with Crippen LogP contribution in [0.3, 0.4) is 0 Å². The Morgan fingerprint density at radius 1 is 0.633 bits per heavy atom. The highest BCUT2D eigenvalue weighted by atomic mass is 16.5. The Bertz CT molecular complexity index is 463. The maximum atomic E-state index is 12.8. The van der Waals surface area contributed by atoms with Crippen LogP contribution in [0, 0.1) is 29.6 Å². The van der Waals surface area contributed by atoms with E-state index >= 15 is 0 Å². The Labute approximate surface area is 187 Å². The fraction of sp³-hybridized carbons (Fsp3) is 0.964. The molecule has 0 atom stereocenters. The van der Waals surface area contributed by atoms with E-state index in [4.69, 9.17) is 4.74 Å². The van der Waals surface area contributed by atoms with Gasteiger partial charge < -0.3 is 4.74 Å². The zero-order valence-electron chi connectivity index (χ0n) is 20.2. The molecule has 0 aromatic heterocycles. The predicted octanol–water partition coefficient (Wildman–Crippen LogP) is 8.47. The zero-order chi connectivity index (χ0) is 21.2. The molecule has 0 aliphatic heterocycles. The van der Waals surface area contributed by atoms with Gasteiger partial charge in [-0.05, 0) is 87.9 Å². The standard InChI is InChI=1S/C28H50O2/c1-3-5-7-9-23-12-20-27(21-13-23)30-28(29)26-18-16-25(17-19-26)24-14-10-22(11-15-24)8-6-4-2/h22-27H,3-21H2,1-2H3/t22-,23-,24-,25?,26?,27-. The van der Waals surface area contributed by atoms with Gasteiger partial charge in [0.2, 0.25) is 0 Å². The molecule has 2 nitrogen and oxygen atoms in total. The first-order valence-electron chi connectivity index (χ1n) is 13.9. The van der Waals surface area contributed by atoms with Gasteiger partial charge >= 0.3 is 5.97 Å². The van der Waals surface area contributed by atoms with Gasteiger partial charge in [-0.15, -0.1) is 0 Å². The third-order valence-electron chi connectivity index (χ3n) is 8.92. The van der Waals surface area contributed by atoms with Crippen LogP contribution in [0.15, 0.2) is 0 Å². The molecular weight excluding hydrogens is 368 g/mol. The van der Waals surface area contributed by atoms with Gasteiger partial charge in [-0.1, -0.05) is 71.6 Å². The lowest BCUT2D eigenvalue weighted by Gasteiger charge is -2.38. The second-order valence-electron chi connectivity index (χ2n) is 11.1. The molecule has 174 valence electrons. The first kappa shape index (κ1) is 24.1. The van der Waals surface area contributed by atoms with Gasteiger partial charge in [0.25, 0.3) is 0 Å². The number of rotatable bonds is 10. The molecule has 3 saturated carbocycles. The van der Waals surface area contributed by atoms with Crippen molar-refractivity contribution in [2.75, 3.05) is 0 Å². The smallest absolute Gasteiger partial charge is 0.309 e. The fourth-order valence-electron chi connectivity index (χ4n) is 6.75. The van der Waals surface area contributed by atoms with Crippen LogP contribution >= 0.6 is 0 Å². The molecule has 0 amide bonds. The highest BCUT2D eigenvalue weighted by molar-refractivity contribution is 5.72. The van der Waals surface area contributed by atoms with E-state index in [1.807, 2.05) is 0 Å². The minimum absolute atomic E-state index is 0.145. The number of carbonyl (C=O) groups is 1. The Morgan fingerprint density at radius 3 is 1.70 bits per heavy atom. The van der Waals surface area contributed by atoms with Crippen molar-refractivity contribution in [3.8, 4) is 0 Å². The predicted molar refractivity (Wildman–Crippen MR) is 126 cm³/mol. The lowest BCUT2D eigenvalue weighted by molar-refractivity contribution is -0.157. The summed E-state index contributed by atoms with van der Waals surface area (Å²) in [5.74, 6) is 4.08. The number of hydrogen-bond acceptors (Lipinski definition) is 2. The van der Waals surface area contributed by atoms with Crippen LogP contribution in [0.2, 0.25) is 0 Å². The summed E-state index contributed by atoms with van der Waals surface area (Å²) < 4.78 is 6.00. The van der Waals surface area contributed by atoms with Gasteiger partial charge in [-0.25, -0.2) is 0 Å². The highest BCUT2D eigenvalue weighted by Crippen LogP contribution is 2.42. The SMILES string of the molecule is CCCCC[C@H]1CC[C@H](OC(=O)C2CCC([C@H]3CC[C@H](CCCC)CC3)CC2)CC1. The molecule has 3 aliphatic rings. The van der Waals surface area contributed by atoms with Gasteiger partial charge in [0.15, 0.2) is 0 Å². The van der Waals surface area contributed by atoms with E-state index in [2.05, 4.69) is 13.8 Å². The van der Waals surface area contributed by atoms with Crippen molar-refractivity contribution in [3.05, 3.63) is 0 Å². The lowest BCUT2D eigenvalue weighted by Crippen LogP contribution is -2.32. The number of esters is 1. The first-order valence-corrected chi connectivity index (χ1v) is 13.9. The normalized spacial score (nSPS) is 35.1. The first-order chi connectivity index (χ1) is 14.7. The summed E-state index contributed by atoms with van der Waals surface area (Å²) in [4.78, 5) is 12.8. The maximum absolute atomic E-state index is 12.8. The molecule has 3 aliphatic carbocycles. The summed E-state index contributed by atoms with van der Waals surface area (Å²) in [5, 5.41) is 0. The summed E-state index contributed by atoms with van der Waals surface area (Å²) in [7, 11) is 0. The zero-order valence-corrected chi connectivity index (χ0v) is 20.2. The molecule has 0 saturated heterocycles. The molecule has 0 aromatic rings. The number of ether oxygens (including phenoxy) is 1. The van der Waals surface area contributed by atoms with E-state index in [0.717, 1.165) is 49.4 Å². The molecule has 0 N–H and O–H groups in total. The Morgan fingerprint density at radius 2 is 1.13 bits per heavy atom. The largest absolute Gasteiger partial charge is 0.462 e. The average Bonchev–Trinajstić information content (AvgIpc) is 2.79. The van der Waals surface area contributed by atoms with Crippen LogP contribution in [0.25, 0.3) is 0 Å². The van der Waals surface area contributed by atoms with Gasteiger partial charge in [0, 0.05) is 0 Å². The quantitative estimate of drug-likeness (QED) is 0.263. The van der Waals surface area contributed by atoms with Gasteiger partial charge in [0.05, 0.1) is 5.92 Å². The Balaban J connectivity index is 1.29. The van der Waals surface area contributed by atoms with E-state index in [-0.39, 0.29) is 18.0 Å². The van der Waals surface area contributed by atoms with E-state index in [1.54, 1.807) is 0 Å². The molecule has 0 radical (unpaired) electrons. The minimum atomic E-state index is 0.145. The monoisotopic (exact) mass is 418 g/mol. The summed E-state index contributed by atoms with van der Waals surface area (Å²) in [6.07, 6.45) is 25.2.